The van der Waals surface area contributed by atoms with Crippen molar-refractivity contribution in [3.63, 3.8) is 0 Å². The second-order valence-electron chi connectivity index (χ2n) is 4.14. The van der Waals surface area contributed by atoms with Crippen LogP contribution in [0.3, 0.4) is 0 Å². The molecule has 0 aliphatic rings. The van der Waals surface area contributed by atoms with Gasteiger partial charge in [-0.05, 0) is 42.5 Å². The molecular formula is C16H14BrNO2. The number of halogens is 1. The molecule has 0 radical (unpaired) electrons. The fourth-order valence-electron chi connectivity index (χ4n) is 1.62. The highest BCUT2D eigenvalue weighted by atomic mass is 79.9. The number of ether oxygens (including phenoxy) is 2. The molecule has 0 aliphatic heterocycles. The molecule has 0 bridgehead atoms. The Labute approximate surface area is 126 Å². The Kier molecular flexibility index (Phi) is 5.45. The first-order chi connectivity index (χ1) is 9.78. The topological polar surface area (TPSA) is 42.2 Å². The molecule has 0 aliphatic carbocycles. The van der Waals surface area contributed by atoms with Crippen LogP contribution in [0.1, 0.15) is 12.0 Å². The van der Waals surface area contributed by atoms with Crippen molar-refractivity contribution >= 4 is 15.9 Å². The van der Waals surface area contributed by atoms with E-state index in [1.807, 2.05) is 24.3 Å². The van der Waals surface area contributed by atoms with Crippen LogP contribution < -0.4 is 9.47 Å². The average Bonchev–Trinajstić information content (AvgIpc) is 2.48. The van der Waals surface area contributed by atoms with Crippen LogP contribution in [0, 0.1) is 11.3 Å². The fourth-order valence-corrected chi connectivity index (χ4v) is 2.00. The van der Waals surface area contributed by atoms with E-state index in [-0.39, 0.29) is 0 Å². The Morgan fingerprint density at radius 3 is 2.30 bits per heavy atom. The quantitative estimate of drug-likeness (QED) is 0.746. The molecule has 4 heteroatoms. The van der Waals surface area contributed by atoms with E-state index in [2.05, 4.69) is 22.0 Å². The van der Waals surface area contributed by atoms with Gasteiger partial charge in [-0.15, -0.1) is 0 Å². The Hall–Kier alpha value is -1.99. The Morgan fingerprint density at radius 2 is 1.65 bits per heavy atom. The number of hydrogen-bond acceptors (Lipinski definition) is 3. The number of hydrogen-bond donors (Lipinski definition) is 0. The van der Waals surface area contributed by atoms with Gasteiger partial charge >= 0.3 is 0 Å². The van der Waals surface area contributed by atoms with Gasteiger partial charge in [0.05, 0.1) is 24.8 Å². The van der Waals surface area contributed by atoms with Crippen molar-refractivity contribution in [2.45, 2.75) is 6.42 Å². The molecule has 0 fully saturated rings. The molecule has 0 aromatic heterocycles. The van der Waals surface area contributed by atoms with E-state index in [1.165, 1.54) is 0 Å². The van der Waals surface area contributed by atoms with E-state index < -0.39 is 0 Å². The molecular weight excluding hydrogens is 318 g/mol. The van der Waals surface area contributed by atoms with Gasteiger partial charge in [0.15, 0.2) is 0 Å². The summed E-state index contributed by atoms with van der Waals surface area (Å²) in [4.78, 5) is 0. The molecule has 0 atom stereocenters. The van der Waals surface area contributed by atoms with Crippen LogP contribution in [0.5, 0.6) is 11.5 Å². The van der Waals surface area contributed by atoms with Gasteiger partial charge in [0.2, 0.25) is 0 Å². The van der Waals surface area contributed by atoms with Crippen LogP contribution >= 0.6 is 15.9 Å². The molecule has 0 heterocycles. The zero-order valence-electron chi connectivity index (χ0n) is 10.9. The van der Waals surface area contributed by atoms with Gasteiger partial charge in [0.25, 0.3) is 0 Å². The molecule has 2 aromatic rings. The smallest absolute Gasteiger partial charge is 0.120 e. The van der Waals surface area contributed by atoms with Gasteiger partial charge in [-0.2, -0.15) is 5.26 Å². The maximum atomic E-state index is 8.69. The lowest BCUT2D eigenvalue weighted by atomic mass is 10.2. The van der Waals surface area contributed by atoms with E-state index in [0.717, 1.165) is 22.4 Å². The number of rotatable bonds is 6. The van der Waals surface area contributed by atoms with E-state index in [4.69, 9.17) is 14.7 Å². The Bertz CT molecular complexity index is 590. The third-order valence-electron chi connectivity index (χ3n) is 2.61. The lowest BCUT2D eigenvalue weighted by Gasteiger charge is -2.08. The van der Waals surface area contributed by atoms with E-state index >= 15 is 0 Å². The summed E-state index contributed by atoms with van der Waals surface area (Å²) in [5.74, 6) is 1.62. The lowest BCUT2D eigenvalue weighted by Crippen LogP contribution is -2.04. The van der Waals surface area contributed by atoms with E-state index in [1.54, 1.807) is 24.3 Å². The second-order valence-corrected chi connectivity index (χ2v) is 5.06. The van der Waals surface area contributed by atoms with Gasteiger partial charge in [-0.3, -0.25) is 0 Å². The minimum Gasteiger partial charge on any atom is -0.493 e. The molecule has 0 unspecified atom stereocenters. The summed E-state index contributed by atoms with van der Waals surface area (Å²) in [6, 6.07) is 16.9. The third kappa shape index (κ3) is 4.60. The number of nitrogens with zero attached hydrogens (tertiary/aromatic N) is 1. The first kappa shape index (κ1) is 14.4. The highest BCUT2D eigenvalue weighted by Crippen LogP contribution is 2.18. The summed E-state index contributed by atoms with van der Waals surface area (Å²) >= 11 is 3.40. The largest absolute Gasteiger partial charge is 0.493 e. The predicted octanol–water partition coefficient (Wildman–Crippen LogP) is 4.17. The van der Waals surface area contributed by atoms with Crippen molar-refractivity contribution in [2.24, 2.45) is 0 Å². The summed E-state index contributed by atoms with van der Waals surface area (Å²) in [6.45, 7) is 1.19. The molecule has 0 saturated heterocycles. The zero-order valence-corrected chi connectivity index (χ0v) is 12.5. The number of benzene rings is 2. The summed E-state index contributed by atoms with van der Waals surface area (Å²) in [7, 11) is 0. The van der Waals surface area contributed by atoms with Gasteiger partial charge in [0.1, 0.15) is 11.5 Å². The second kappa shape index (κ2) is 7.56. The van der Waals surface area contributed by atoms with Crippen LogP contribution in [0.15, 0.2) is 53.0 Å². The lowest BCUT2D eigenvalue weighted by molar-refractivity contribution is 0.247. The van der Waals surface area contributed by atoms with Crippen LogP contribution in [0.4, 0.5) is 0 Å². The standard InChI is InChI=1S/C16H14BrNO2/c17-14-3-1-4-16(11-14)20-10-2-9-19-15-7-5-13(12-18)6-8-15/h1,3-8,11H,2,9-10H2. The minimum absolute atomic E-state index is 0.583. The summed E-state index contributed by atoms with van der Waals surface area (Å²) in [5, 5.41) is 8.69. The Balaban J connectivity index is 1.67. The molecule has 20 heavy (non-hydrogen) atoms. The van der Waals surface area contributed by atoms with E-state index in [0.29, 0.717) is 18.8 Å². The van der Waals surface area contributed by atoms with Crippen LogP contribution in [0.25, 0.3) is 0 Å². The van der Waals surface area contributed by atoms with Crippen LogP contribution in [0.2, 0.25) is 0 Å². The normalized spacial score (nSPS) is 9.80. The number of nitriles is 1. The van der Waals surface area contributed by atoms with Gasteiger partial charge < -0.3 is 9.47 Å². The molecule has 3 nitrogen and oxygen atoms in total. The fraction of sp³-hybridized carbons (Fsp3) is 0.188. The van der Waals surface area contributed by atoms with Crippen molar-refractivity contribution in [3.05, 3.63) is 58.6 Å². The molecule has 0 saturated carbocycles. The highest BCUT2D eigenvalue weighted by Gasteiger charge is 1.97. The molecule has 2 rings (SSSR count). The molecule has 0 amide bonds. The molecule has 0 N–H and O–H groups in total. The molecule has 0 spiro atoms. The summed E-state index contributed by atoms with van der Waals surface area (Å²) < 4.78 is 12.2. The van der Waals surface area contributed by atoms with Gasteiger partial charge in [-0.25, -0.2) is 0 Å². The zero-order chi connectivity index (χ0) is 14.2. The van der Waals surface area contributed by atoms with Gasteiger partial charge in [-0.1, -0.05) is 22.0 Å². The summed E-state index contributed by atoms with van der Waals surface area (Å²) in [6.07, 6.45) is 0.798. The van der Waals surface area contributed by atoms with Crippen molar-refractivity contribution in [1.82, 2.24) is 0 Å². The van der Waals surface area contributed by atoms with Crippen LogP contribution in [-0.4, -0.2) is 13.2 Å². The maximum Gasteiger partial charge on any atom is 0.120 e. The van der Waals surface area contributed by atoms with Crippen molar-refractivity contribution in [1.29, 1.82) is 5.26 Å². The van der Waals surface area contributed by atoms with Crippen LogP contribution in [-0.2, 0) is 0 Å². The molecule has 102 valence electrons. The predicted molar refractivity (Wildman–Crippen MR) is 80.9 cm³/mol. The van der Waals surface area contributed by atoms with Gasteiger partial charge in [0, 0.05) is 10.9 Å². The minimum atomic E-state index is 0.583. The average molecular weight is 332 g/mol. The first-order valence-electron chi connectivity index (χ1n) is 6.29. The highest BCUT2D eigenvalue weighted by molar-refractivity contribution is 9.10. The van der Waals surface area contributed by atoms with Crippen molar-refractivity contribution < 1.29 is 9.47 Å². The Morgan fingerprint density at radius 1 is 0.950 bits per heavy atom. The molecule has 2 aromatic carbocycles. The van der Waals surface area contributed by atoms with E-state index in [9.17, 15) is 0 Å². The van der Waals surface area contributed by atoms with Crippen molar-refractivity contribution in [3.8, 4) is 17.6 Å². The maximum absolute atomic E-state index is 8.69. The van der Waals surface area contributed by atoms with Crippen molar-refractivity contribution in [2.75, 3.05) is 13.2 Å². The summed E-state index contributed by atoms with van der Waals surface area (Å²) in [5.41, 5.74) is 0.635. The SMILES string of the molecule is N#Cc1ccc(OCCCOc2cccc(Br)c2)cc1. The first-order valence-corrected chi connectivity index (χ1v) is 7.08. The monoisotopic (exact) mass is 331 g/mol. The third-order valence-corrected chi connectivity index (χ3v) is 3.10.